The zero-order valence-corrected chi connectivity index (χ0v) is 23.9. The summed E-state index contributed by atoms with van der Waals surface area (Å²) in [6.45, 7) is 2.00. The first-order valence-electron chi connectivity index (χ1n) is 13.0. The highest BCUT2D eigenvalue weighted by Crippen LogP contribution is 2.46. The number of amides is 2. The van der Waals surface area contributed by atoms with Crippen LogP contribution in [0.5, 0.6) is 0 Å². The van der Waals surface area contributed by atoms with Crippen molar-refractivity contribution < 1.29 is 40.8 Å². The number of nitrogens with zero attached hydrogens (tertiary/aromatic N) is 8. The monoisotopic (exact) mass is 633 g/mol. The van der Waals surface area contributed by atoms with Gasteiger partial charge in [-0.1, -0.05) is 42.7 Å². The first-order valence-corrected chi connectivity index (χ1v) is 14.1. The van der Waals surface area contributed by atoms with E-state index in [4.69, 9.17) is 9.05 Å². The number of aromatic nitrogens is 6. The van der Waals surface area contributed by atoms with Crippen molar-refractivity contribution in [1.82, 2.24) is 30.0 Å². The minimum absolute atomic E-state index is 0.0778. The SMILES string of the molecule is Cc1ccc2c(c1)C(F)(F)C(=O)N2Cc1cn(CO[P+](=O)OCn2cc(CN3C(=O)C(F)(F)c4cc(C)ccc43)nn2)nn1. The molecule has 2 aliphatic rings. The highest BCUT2D eigenvalue weighted by molar-refractivity contribution is 7.33. The third kappa shape index (κ3) is 5.22. The molecule has 0 fully saturated rings. The number of hydrogen-bond acceptors (Lipinski definition) is 9. The Morgan fingerprint density at radius 3 is 1.55 bits per heavy atom. The topological polar surface area (TPSA) is 138 Å². The number of carbonyl (C=O) groups excluding carboxylic acids is 2. The van der Waals surface area contributed by atoms with E-state index in [1.54, 1.807) is 26.0 Å². The Bertz CT molecular complexity index is 1680. The Hall–Kier alpha value is -4.60. The van der Waals surface area contributed by atoms with Gasteiger partial charge < -0.3 is 9.80 Å². The van der Waals surface area contributed by atoms with E-state index in [0.717, 1.165) is 19.2 Å². The van der Waals surface area contributed by atoms with Gasteiger partial charge in [0.05, 0.1) is 48.0 Å². The maximum atomic E-state index is 14.5. The van der Waals surface area contributed by atoms with Gasteiger partial charge in [-0.05, 0) is 38.1 Å². The van der Waals surface area contributed by atoms with Crippen LogP contribution >= 0.6 is 8.25 Å². The Morgan fingerprint density at radius 1 is 0.727 bits per heavy atom. The molecule has 0 aliphatic carbocycles. The molecule has 44 heavy (non-hydrogen) atoms. The van der Waals surface area contributed by atoms with Gasteiger partial charge in [0.25, 0.3) is 0 Å². The van der Waals surface area contributed by atoms with Gasteiger partial charge in [0.15, 0.2) is 13.5 Å². The van der Waals surface area contributed by atoms with E-state index in [0.29, 0.717) is 11.1 Å². The lowest BCUT2D eigenvalue weighted by atomic mass is 10.1. The van der Waals surface area contributed by atoms with E-state index in [2.05, 4.69) is 20.6 Å². The summed E-state index contributed by atoms with van der Waals surface area (Å²) in [5.74, 6) is -10.1. The Morgan fingerprint density at radius 2 is 1.14 bits per heavy atom. The number of hydrogen-bond donors (Lipinski definition) is 0. The summed E-state index contributed by atoms with van der Waals surface area (Å²) in [4.78, 5) is 26.6. The van der Waals surface area contributed by atoms with Gasteiger partial charge in [-0.2, -0.15) is 17.6 Å². The summed E-state index contributed by atoms with van der Waals surface area (Å²) in [7, 11) is -2.71. The number of fused-ring (bicyclic) bond motifs is 2. The number of carbonyl (C=O) groups is 2. The van der Waals surface area contributed by atoms with E-state index in [1.165, 1.54) is 36.7 Å². The lowest BCUT2D eigenvalue weighted by Crippen LogP contribution is -2.34. The maximum absolute atomic E-state index is 14.5. The van der Waals surface area contributed by atoms with Gasteiger partial charge in [0.2, 0.25) is 0 Å². The lowest BCUT2D eigenvalue weighted by Gasteiger charge is -2.15. The Kier molecular flexibility index (Phi) is 7.26. The summed E-state index contributed by atoms with van der Waals surface area (Å²) in [6.07, 6.45) is 2.68. The molecule has 4 aromatic rings. The number of halogens is 4. The predicted octanol–water partition coefficient (Wildman–Crippen LogP) is 4.07. The molecule has 4 heterocycles. The van der Waals surface area contributed by atoms with Crippen molar-refractivity contribution in [2.45, 2.75) is 52.2 Å². The maximum Gasteiger partial charge on any atom is 0.701 e. The summed E-state index contributed by atoms with van der Waals surface area (Å²) >= 11 is 0. The average Bonchev–Trinajstić information content (AvgIpc) is 3.71. The standard InChI is InChI=1S/C26H22F4N8O5P/c1-15-3-5-21-19(7-15)25(27,28)23(39)37(21)11-17-9-35(33-31-17)13-42-44(41)43-14-36-10-18(32-34-36)12-38-22-6-4-16(2)8-20(22)26(29,30)24(38)40/h3-10H,11-14H2,1-2H3/q+1. The third-order valence-electron chi connectivity index (χ3n) is 6.99. The molecular formula is C26H22F4N8O5P+. The zero-order valence-electron chi connectivity index (χ0n) is 23.0. The zero-order chi connectivity index (χ0) is 31.4. The molecule has 0 saturated heterocycles. The van der Waals surface area contributed by atoms with Crippen molar-refractivity contribution >= 4 is 31.4 Å². The minimum atomic E-state index is -3.66. The number of benzene rings is 2. The van der Waals surface area contributed by atoms with Crippen LogP contribution in [0.2, 0.25) is 0 Å². The highest BCUT2D eigenvalue weighted by Gasteiger charge is 2.54. The van der Waals surface area contributed by atoms with Crippen molar-refractivity contribution in [2.24, 2.45) is 0 Å². The van der Waals surface area contributed by atoms with E-state index in [-0.39, 0.29) is 60.4 Å². The fourth-order valence-corrected chi connectivity index (χ4v) is 5.40. The van der Waals surface area contributed by atoms with Crippen LogP contribution in [0.1, 0.15) is 33.6 Å². The molecule has 228 valence electrons. The molecule has 18 heteroatoms. The first kappa shape index (κ1) is 29.5. The van der Waals surface area contributed by atoms with E-state index >= 15 is 0 Å². The Balaban J connectivity index is 1.01. The van der Waals surface area contributed by atoms with Crippen molar-refractivity contribution in [2.75, 3.05) is 9.80 Å². The van der Waals surface area contributed by atoms with Crippen LogP contribution in [0.15, 0.2) is 48.8 Å². The smallest absolute Gasteiger partial charge is 0.300 e. The Labute approximate surface area is 246 Å². The van der Waals surface area contributed by atoms with Crippen molar-refractivity contribution in [3.63, 3.8) is 0 Å². The van der Waals surface area contributed by atoms with Crippen LogP contribution in [-0.4, -0.2) is 41.8 Å². The largest absolute Gasteiger partial charge is 0.701 e. The summed E-state index contributed by atoms with van der Waals surface area (Å²) in [5.41, 5.74) is 0.955. The van der Waals surface area contributed by atoms with Crippen LogP contribution in [0.4, 0.5) is 28.9 Å². The van der Waals surface area contributed by atoms with Crippen LogP contribution in [0.3, 0.4) is 0 Å². The van der Waals surface area contributed by atoms with E-state index in [9.17, 15) is 31.7 Å². The molecule has 0 bridgehead atoms. The number of aryl methyl sites for hydroxylation is 2. The third-order valence-corrected chi connectivity index (χ3v) is 7.65. The second kappa shape index (κ2) is 10.8. The van der Waals surface area contributed by atoms with Crippen LogP contribution in [-0.2, 0) is 61.6 Å². The quantitative estimate of drug-likeness (QED) is 0.187. The number of alkyl halides is 4. The molecule has 2 aromatic heterocycles. The van der Waals surface area contributed by atoms with E-state index in [1.807, 2.05) is 0 Å². The first-order chi connectivity index (χ1) is 20.8. The second-order valence-electron chi connectivity index (χ2n) is 10.2. The van der Waals surface area contributed by atoms with Gasteiger partial charge in [0, 0.05) is 4.57 Å². The molecule has 0 unspecified atom stereocenters. The van der Waals surface area contributed by atoms with Gasteiger partial charge >= 0.3 is 31.9 Å². The molecule has 6 rings (SSSR count). The molecule has 0 radical (unpaired) electrons. The molecule has 2 amide bonds. The molecule has 0 spiro atoms. The normalized spacial score (nSPS) is 16.5. The lowest BCUT2D eigenvalue weighted by molar-refractivity contribution is -0.142. The molecule has 2 aromatic carbocycles. The molecule has 0 saturated carbocycles. The summed E-state index contributed by atoms with van der Waals surface area (Å²) < 4.78 is 82.8. The molecule has 0 N–H and O–H groups in total. The molecule has 13 nitrogen and oxygen atoms in total. The van der Waals surface area contributed by atoms with Crippen LogP contribution in [0, 0.1) is 13.8 Å². The second-order valence-corrected chi connectivity index (χ2v) is 11.2. The highest BCUT2D eigenvalue weighted by atomic mass is 31.1. The molecule has 0 atom stereocenters. The summed E-state index contributed by atoms with van der Waals surface area (Å²) in [5, 5.41) is 15.3. The number of rotatable bonds is 10. The molecule has 2 aliphatic heterocycles. The molecular weight excluding hydrogens is 611 g/mol. The number of anilines is 2. The van der Waals surface area contributed by atoms with Crippen LogP contribution in [0.25, 0.3) is 0 Å². The van der Waals surface area contributed by atoms with Gasteiger partial charge in [0.1, 0.15) is 11.4 Å². The fraction of sp³-hybridized carbons (Fsp3) is 0.308. The minimum Gasteiger partial charge on any atom is -0.300 e. The van der Waals surface area contributed by atoms with Gasteiger partial charge in [-0.25, -0.2) is 9.36 Å². The van der Waals surface area contributed by atoms with E-state index < -0.39 is 31.9 Å². The van der Waals surface area contributed by atoms with Gasteiger partial charge in [-0.3, -0.25) is 9.59 Å². The van der Waals surface area contributed by atoms with Crippen molar-refractivity contribution in [1.29, 1.82) is 0 Å². The fourth-order valence-electron chi connectivity index (χ4n) is 4.90. The van der Waals surface area contributed by atoms with Gasteiger partial charge in [-0.15, -0.1) is 10.2 Å². The average molecular weight is 633 g/mol. The predicted molar refractivity (Wildman–Crippen MR) is 142 cm³/mol. The van der Waals surface area contributed by atoms with Crippen molar-refractivity contribution in [3.05, 3.63) is 82.4 Å². The van der Waals surface area contributed by atoms with Crippen molar-refractivity contribution in [3.8, 4) is 0 Å². The summed E-state index contributed by atoms with van der Waals surface area (Å²) in [6, 6.07) is 8.67. The van der Waals surface area contributed by atoms with Crippen LogP contribution < -0.4 is 9.80 Å².